The summed E-state index contributed by atoms with van der Waals surface area (Å²) in [4.78, 5) is 12.8. The van der Waals surface area contributed by atoms with Crippen LogP contribution in [0.15, 0.2) is 0 Å². The van der Waals surface area contributed by atoms with Crippen molar-refractivity contribution in [3.8, 4) is 0 Å². The van der Waals surface area contributed by atoms with E-state index in [4.69, 9.17) is 10.8 Å². The van der Waals surface area contributed by atoms with Crippen LogP contribution in [0.4, 0.5) is 0 Å². The normalized spacial score (nSPS) is 30.1. The van der Waals surface area contributed by atoms with Crippen molar-refractivity contribution in [2.24, 2.45) is 5.73 Å². The molecule has 0 aromatic rings. The zero-order valence-corrected chi connectivity index (χ0v) is 12.6. The van der Waals surface area contributed by atoms with Crippen LogP contribution in [-0.4, -0.2) is 72.7 Å². The minimum Gasteiger partial charge on any atom is -0.480 e. The molecule has 2 atom stereocenters. The first-order valence-electron chi connectivity index (χ1n) is 6.94. The Balaban J connectivity index is 2.07. The van der Waals surface area contributed by atoms with E-state index >= 15 is 0 Å². The van der Waals surface area contributed by atoms with Gasteiger partial charge in [0, 0.05) is 18.6 Å². The molecule has 0 saturated carbocycles. The first kappa shape index (κ1) is 15.7. The Bertz CT molecular complexity index is 481. The molecule has 2 aliphatic heterocycles. The van der Waals surface area contributed by atoms with Crippen molar-refractivity contribution in [1.82, 2.24) is 9.21 Å². The van der Waals surface area contributed by atoms with Gasteiger partial charge in [-0.25, -0.2) is 8.42 Å². The molecule has 2 rings (SSSR count). The molecular formula is C12H23N3O4S. The quantitative estimate of drug-likeness (QED) is 0.695. The SMILES string of the molecule is CN1CCC2(CCCN2S(=O)(=O)CCC(N)C(=O)O)C1. The fourth-order valence-corrected chi connectivity index (χ4v) is 5.33. The number of likely N-dealkylation sites (tertiary alicyclic amines) is 1. The summed E-state index contributed by atoms with van der Waals surface area (Å²) >= 11 is 0. The van der Waals surface area contributed by atoms with Gasteiger partial charge in [0.2, 0.25) is 10.0 Å². The summed E-state index contributed by atoms with van der Waals surface area (Å²) in [6, 6.07) is -1.12. The topological polar surface area (TPSA) is 104 Å². The second kappa shape index (κ2) is 5.59. The third kappa shape index (κ3) is 2.98. The van der Waals surface area contributed by atoms with Crippen molar-refractivity contribution in [2.75, 3.05) is 32.4 Å². The summed E-state index contributed by atoms with van der Waals surface area (Å²) in [7, 11) is -1.44. The minimum atomic E-state index is -3.44. The van der Waals surface area contributed by atoms with Crippen molar-refractivity contribution in [3.05, 3.63) is 0 Å². The van der Waals surface area contributed by atoms with E-state index in [0.29, 0.717) is 6.54 Å². The zero-order chi connectivity index (χ0) is 15.0. The molecule has 2 saturated heterocycles. The van der Waals surface area contributed by atoms with E-state index < -0.39 is 22.0 Å². The molecule has 3 N–H and O–H groups in total. The molecule has 2 heterocycles. The highest BCUT2D eigenvalue weighted by atomic mass is 32.2. The summed E-state index contributed by atoms with van der Waals surface area (Å²) in [5, 5.41) is 8.74. The van der Waals surface area contributed by atoms with E-state index in [-0.39, 0.29) is 17.7 Å². The van der Waals surface area contributed by atoms with Crippen molar-refractivity contribution < 1.29 is 18.3 Å². The molecule has 2 unspecified atom stereocenters. The predicted octanol–water partition coefficient (Wildman–Crippen LogP) is -0.712. The lowest BCUT2D eigenvalue weighted by Gasteiger charge is -2.34. The van der Waals surface area contributed by atoms with Crippen LogP contribution in [0.2, 0.25) is 0 Å². The van der Waals surface area contributed by atoms with E-state index in [1.165, 1.54) is 0 Å². The molecule has 2 aliphatic rings. The van der Waals surface area contributed by atoms with E-state index in [0.717, 1.165) is 32.4 Å². The summed E-state index contributed by atoms with van der Waals surface area (Å²) in [5.41, 5.74) is 5.12. The van der Waals surface area contributed by atoms with E-state index in [1.807, 2.05) is 7.05 Å². The molecule has 0 aromatic heterocycles. The number of likely N-dealkylation sites (N-methyl/N-ethyl adjacent to an activating group) is 1. The fourth-order valence-electron chi connectivity index (χ4n) is 3.32. The second-order valence-corrected chi connectivity index (χ2v) is 7.95. The number of sulfonamides is 1. The number of nitrogens with two attached hydrogens (primary N) is 1. The number of aliphatic carboxylic acids is 1. The van der Waals surface area contributed by atoms with Gasteiger partial charge in [-0.1, -0.05) is 0 Å². The van der Waals surface area contributed by atoms with Crippen LogP contribution in [0.3, 0.4) is 0 Å². The van der Waals surface area contributed by atoms with Gasteiger partial charge in [0.25, 0.3) is 0 Å². The monoisotopic (exact) mass is 305 g/mol. The van der Waals surface area contributed by atoms with Crippen LogP contribution < -0.4 is 5.73 Å². The van der Waals surface area contributed by atoms with Gasteiger partial charge in [0.1, 0.15) is 6.04 Å². The molecule has 2 fully saturated rings. The number of rotatable bonds is 5. The van der Waals surface area contributed by atoms with E-state index in [9.17, 15) is 13.2 Å². The Labute approximate surface area is 119 Å². The van der Waals surface area contributed by atoms with Gasteiger partial charge >= 0.3 is 5.97 Å². The minimum absolute atomic E-state index is 0.0416. The van der Waals surface area contributed by atoms with Crippen LogP contribution in [-0.2, 0) is 14.8 Å². The number of hydrogen-bond acceptors (Lipinski definition) is 5. The Morgan fingerprint density at radius 1 is 1.40 bits per heavy atom. The summed E-state index contributed by atoms with van der Waals surface area (Å²) < 4.78 is 26.6. The van der Waals surface area contributed by atoms with Crippen molar-refractivity contribution in [2.45, 2.75) is 37.3 Å². The van der Waals surface area contributed by atoms with Crippen molar-refractivity contribution >= 4 is 16.0 Å². The second-order valence-electron chi connectivity index (χ2n) is 5.94. The van der Waals surface area contributed by atoms with Crippen molar-refractivity contribution in [3.63, 3.8) is 0 Å². The van der Waals surface area contributed by atoms with E-state index in [2.05, 4.69) is 4.90 Å². The third-order valence-electron chi connectivity index (χ3n) is 4.40. The van der Waals surface area contributed by atoms with Crippen molar-refractivity contribution in [1.29, 1.82) is 0 Å². The smallest absolute Gasteiger partial charge is 0.320 e. The Morgan fingerprint density at radius 2 is 2.10 bits per heavy atom. The molecule has 20 heavy (non-hydrogen) atoms. The lowest BCUT2D eigenvalue weighted by atomic mass is 9.97. The molecule has 1 spiro atoms. The van der Waals surface area contributed by atoms with Gasteiger partial charge in [0.05, 0.1) is 5.75 Å². The maximum atomic E-state index is 12.5. The van der Waals surface area contributed by atoms with Crippen LogP contribution in [0, 0.1) is 0 Å². The molecule has 0 bridgehead atoms. The zero-order valence-electron chi connectivity index (χ0n) is 11.8. The summed E-state index contributed by atoms with van der Waals surface area (Å²) in [6.45, 7) is 2.20. The first-order chi connectivity index (χ1) is 9.27. The lowest BCUT2D eigenvalue weighted by molar-refractivity contribution is -0.138. The van der Waals surface area contributed by atoms with Gasteiger partial charge in [0.15, 0.2) is 0 Å². The van der Waals surface area contributed by atoms with Gasteiger partial charge in [-0.3, -0.25) is 4.79 Å². The van der Waals surface area contributed by atoms with E-state index in [1.54, 1.807) is 4.31 Å². The average molecular weight is 305 g/mol. The highest BCUT2D eigenvalue weighted by Gasteiger charge is 2.49. The number of carboxylic acids is 1. The maximum Gasteiger partial charge on any atom is 0.320 e. The fraction of sp³-hybridized carbons (Fsp3) is 0.917. The average Bonchev–Trinajstić information content (AvgIpc) is 2.94. The summed E-state index contributed by atoms with van der Waals surface area (Å²) in [6.07, 6.45) is 2.58. The molecular weight excluding hydrogens is 282 g/mol. The molecule has 0 aliphatic carbocycles. The Morgan fingerprint density at radius 3 is 2.65 bits per heavy atom. The standard InChI is InChI=1S/C12H23N3O4S/c1-14-7-5-12(9-14)4-2-6-15(12)20(18,19)8-3-10(13)11(16)17/h10H,2-9,13H2,1H3,(H,16,17). The van der Waals surface area contributed by atoms with Gasteiger partial charge in [-0.2, -0.15) is 4.31 Å². The van der Waals surface area contributed by atoms with Crippen LogP contribution in [0.5, 0.6) is 0 Å². The number of carbonyl (C=O) groups is 1. The number of carboxylic acid groups (broad SMARTS) is 1. The largest absolute Gasteiger partial charge is 0.480 e. The predicted molar refractivity (Wildman–Crippen MR) is 74.8 cm³/mol. The molecule has 0 radical (unpaired) electrons. The Hall–Kier alpha value is -0.700. The van der Waals surface area contributed by atoms with Crippen LogP contribution >= 0.6 is 0 Å². The highest BCUT2D eigenvalue weighted by Crippen LogP contribution is 2.39. The lowest BCUT2D eigenvalue weighted by Crippen LogP contribution is -2.50. The first-order valence-corrected chi connectivity index (χ1v) is 8.55. The number of hydrogen-bond donors (Lipinski definition) is 2. The molecule has 116 valence electrons. The molecule has 0 amide bonds. The molecule has 7 nitrogen and oxygen atoms in total. The molecule has 8 heteroatoms. The van der Waals surface area contributed by atoms with Gasteiger partial charge in [-0.15, -0.1) is 0 Å². The molecule has 0 aromatic carbocycles. The van der Waals surface area contributed by atoms with Gasteiger partial charge < -0.3 is 15.7 Å². The highest BCUT2D eigenvalue weighted by molar-refractivity contribution is 7.89. The number of nitrogens with zero attached hydrogens (tertiary/aromatic N) is 2. The van der Waals surface area contributed by atoms with Crippen LogP contribution in [0.25, 0.3) is 0 Å². The third-order valence-corrected chi connectivity index (χ3v) is 6.39. The maximum absolute atomic E-state index is 12.5. The Kier molecular flexibility index (Phi) is 4.38. The van der Waals surface area contributed by atoms with Crippen LogP contribution in [0.1, 0.15) is 25.7 Å². The van der Waals surface area contributed by atoms with Gasteiger partial charge in [-0.05, 0) is 39.3 Å². The summed E-state index contributed by atoms with van der Waals surface area (Å²) in [5.74, 6) is -1.34.